The van der Waals surface area contributed by atoms with Gasteiger partial charge >= 0.3 is 0 Å². The van der Waals surface area contributed by atoms with E-state index in [2.05, 4.69) is 5.32 Å². The first-order valence-corrected chi connectivity index (χ1v) is 10.4. The molecule has 2 aliphatic rings. The van der Waals surface area contributed by atoms with Crippen LogP contribution in [0.15, 0.2) is 54.6 Å². The molecule has 1 aliphatic carbocycles. The van der Waals surface area contributed by atoms with Crippen LogP contribution in [0.1, 0.15) is 44.6 Å². The minimum atomic E-state index is -0.553. The fourth-order valence-electron chi connectivity index (χ4n) is 4.65. The molecule has 0 saturated heterocycles. The van der Waals surface area contributed by atoms with Gasteiger partial charge in [0.2, 0.25) is 11.9 Å². The van der Waals surface area contributed by atoms with Gasteiger partial charge in [-0.15, -0.1) is 0 Å². The molecule has 2 amide bonds. The third-order valence-corrected chi connectivity index (χ3v) is 6.00. The molecule has 5 rings (SSSR count). The molecule has 148 valence electrons. The van der Waals surface area contributed by atoms with Gasteiger partial charge in [0.25, 0.3) is 5.91 Å². The molecular formula is C23H24N4O2. The summed E-state index contributed by atoms with van der Waals surface area (Å²) in [6, 6.07) is 16.8. The number of anilines is 2. The van der Waals surface area contributed by atoms with E-state index in [1.807, 2.05) is 64.1 Å². The summed E-state index contributed by atoms with van der Waals surface area (Å²) in [5.41, 5.74) is 2.51. The lowest BCUT2D eigenvalue weighted by Crippen LogP contribution is -2.41. The minimum absolute atomic E-state index is 0.00614. The van der Waals surface area contributed by atoms with E-state index < -0.39 is 6.04 Å². The van der Waals surface area contributed by atoms with Gasteiger partial charge < -0.3 is 5.32 Å². The number of carbonyl (C=O) groups is 2. The molecule has 2 aromatic carbocycles. The number of rotatable bonds is 4. The van der Waals surface area contributed by atoms with Crippen LogP contribution in [-0.2, 0) is 9.59 Å². The van der Waals surface area contributed by atoms with Crippen molar-refractivity contribution in [2.45, 2.75) is 50.6 Å². The van der Waals surface area contributed by atoms with Gasteiger partial charge in [0, 0.05) is 11.7 Å². The van der Waals surface area contributed by atoms with Crippen LogP contribution in [0.5, 0.6) is 0 Å². The van der Waals surface area contributed by atoms with Gasteiger partial charge in [-0.1, -0.05) is 49.6 Å². The lowest BCUT2D eigenvalue weighted by atomic mass is 9.94. The zero-order valence-corrected chi connectivity index (χ0v) is 16.3. The summed E-state index contributed by atoms with van der Waals surface area (Å²) in [5, 5.41) is 2.91. The Kier molecular flexibility index (Phi) is 4.54. The summed E-state index contributed by atoms with van der Waals surface area (Å²) in [6.45, 7) is 0. The summed E-state index contributed by atoms with van der Waals surface area (Å²) in [6.07, 6.45) is 5.58. The normalized spacial score (nSPS) is 19.5. The maximum Gasteiger partial charge on any atom is 0.253 e. The second-order valence-corrected chi connectivity index (χ2v) is 7.90. The topological polar surface area (TPSA) is 67.2 Å². The molecule has 1 saturated carbocycles. The highest BCUT2D eigenvalue weighted by atomic mass is 16.2. The van der Waals surface area contributed by atoms with E-state index in [0.29, 0.717) is 5.95 Å². The SMILES string of the molecule is O=C(C[C@H]1C(=O)N(C2CCCCC2)c2nc3ccccc3n21)Nc1ccccc1. The van der Waals surface area contributed by atoms with Gasteiger partial charge in [-0.3, -0.25) is 19.1 Å². The Morgan fingerprint density at radius 2 is 1.72 bits per heavy atom. The summed E-state index contributed by atoms with van der Waals surface area (Å²) < 4.78 is 1.97. The Morgan fingerprint density at radius 1 is 1.00 bits per heavy atom. The molecule has 6 heteroatoms. The molecule has 0 radical (unpaired) electrons. The number of carbonyl (C=O) groups excluding carboxylic acids is 2. The molecule has 6 nitrogen and oxygen atoms in total. The standard InChI is InChI=1S/C23H24N4O2/c28-21(24-16-9-3-1-4-10-16)15-20-22(29)26(17-11-5-2-6-12-17)23-25-18-13-7-8-14-19(18)27(20)23/h1,3-4,7-10,13-14,17,20H,2,5-6,11-12,15H2,(H,24,28)/t20-/m0/s1. The van der Waals surface area contributed by atoms with Crippen LogP contribution in [0.3, 0.4) is 0 Å². The summed E-state index contributed by atoms with van der Waals surface area (Å²) in [7, 11) is 0. The minimum Gasteiger partial charge on any atom is -0.326 e. The van der Waals surface area contributed by atoms with Crippen LogP contribution in [-0.4, -0.2) is 27.4 Å². The van der Waals surface area contributed by atoms with Crippen molar-refractivity contribution >= 4 is 34.5 Å². The lowest BCUT2D eigenvalue weighted by Gasteiger charge is -2.30. The Labute approximate surface area is 169 Å². The van der Waals surface area contributed by atoms with Gasteiger partial charge in [0.1, 0.15) is 6.04 Å². The second kappa shape index (κ2) is 7.35. The maximum absolute atomic E-state index is 13.4. The zero-order chi connectivity index (χ0) is 19.8. The van der Waals surface area contributed by atoms with Crippen LogP contribution in [0.4, 0.5) is 11.6 Å². The lowest BCUT2D eigenvalue weighted by molar-refractivity contribution is -0.125. The number of benzene rings is 2. The van der Waals surface area contributed by atoms with Crippen LogP contribution in [0, 0.1) is 0 Å². The number of hydrogen-bond donors (Lipinski definition) is 1. The van der Waals surface area contributed by atoms with Gasteiger partial charge in [0.05, 0.1) is 17.5 Å². The van der Waals surface area contributed by atoms with E-state index in [4.69, 9.17) is 4.98 Å². The fraction of sp³-hybridized carbons (Fsp3) is 0.348. The number of fused-ring (bicyclic) bond motifs is 3. The van der Waals surface area contributed by atoms with Crippen LogP contribution >= 0.6 is 0 Å². The van der Waals surface area contributed by atoms with Gasteiger partial charge in [0.15, 0.2) is 0 Å². The van der Waals surface area contributed by atoms with Crippen LogP contribution in [0.25, 0.3) is 11.0 Å². The average molecular weight is 388 g/mol. The molecule has 1 aromatic heterocycles. The molecule has 0 spiro atoms. The highest BCUT2D eigenvalue weighted by molar-refractivity contribution is 6.05. The summed E-state index contributed by atoms with van der Waals surface area (Å²) in [5.74, 6) is 0.526. The van der Waals surface area contributed by atoms with E-state index >= 15 is 0 Å². The van der Waals surface area contributed by atoms with E-state index in [9.17, 15) is 9.59 Å². The zero-order valence-electron chi connectivity index (χ0n) is 16.3. The van der Waals surface area contributed by atoms with Crippen molar-refractivity contribution in [3.05, 3.63) is 54.6 Å². The number of aromatic nitrogens is 2. The van der Waals surface area contributed by atoms with Crippen molar-refractivity contribution in [3.8, 4) is 0 Å². The van der Waals surface area contributed by atoms with Crippen molar-refractivity contribution in [3.63, 3.8) is 0 Å². The number of para-hydroxylation sites is 3. The molecule has 2 heterocycles. The maximum atomic E-state index is 13.4. The Morgan fingerprint density at radius 3 is 2.52 bits per heavy atom. The molecule has 29 heavy (non-hydrogen) atoms. The third-order valence-electron chi connectivity index (χ3n) is 6.00. The highest BCUT2D eigenvalue weighted by Crippen LogP contribution is 2.40. The van der Waals surface area contributed by atoms with Crippen molar-refractivity contribution in [1.29, 1.82) is 0 Å². The predicted octanol–water partition coefficient (Wildman–Crippen LogP) is 4.29. The largest absolute Gasteiger partial charge is 0.326 e. The molecule has 1 atom stereocenters. The van der Waals surface area contributed by atoms with Crippen molar-refractivity contribution in [2.75, 3.05) is 10.2 Å². The quantitative estimate of drug-likeness (QED) is 0.725. The number of amides is 2. The van der Waals surface area contributed by atoms with Crippen molar-refractivity contribution in [1.82, 2.24) is 9.55 Å². The molecule has 1 N–H and O–H groups in total. The number of hydrogen-bond acceptors (Lipinski definition) is 3. The Balaban J connectivity index is 1.48. The first-order chi connectivity index (χ1) is 14.2. The van der Waals surface area contributed by atoms with E-state index in [0.717, 1.165) is 42.4 Å². The molecule has 3 aromatic rings. The summed E-state index contributed by atoms with van der Waals surface area (Å²) in [4.78, 5) is 32.8. The Hall–Kier alpha value is -3.15. The summed E-state index contributed by atoms with van der Waals surface area (Å²) >= 11 is 0. The molecule has 0 bridgehead atoms. The molecular weight excluding hydrogens is 364 g/mol. The average Bonchev–Trinajstić information content (AvgIpc) is 3.24. The predicted molar refractivity (Wildman–Crippen MR) is 113 cm³/mol. The molecule has 1 aliphatic heterocycles. The Bertz CT molecular complexity index is 1050. The second-order valence-electron chi connectivity index (χ2n) is 7.90. The fourth-order valence-corrected chi connectivity index (χ4v) is 4.65. The monoisotopic (exact) mass is 388 g/mol. The van der Waals surface area contributed by atoms with E-state index in [1.54, 1.807) is 0 Å². The van der Waals surface area contributed by atoms with E-state index in [-0.39, 0.29) is 24.3 Å². The van der Waals surface area contributed by atoms with Gasteiger partial charge in [-0.25, -0.2) is 4.98 Å². The smallest absolute Gasteiger partial charge is 0.253 e. The number of nitrogens with zero attached hydrogens (tertiary/aromatic N) is 3. The molecule has 1 fully saturated rings. The van der Waals surface area contributed by atoms with Crippen LogP contribution in [0.2, 0.25) is 0 Å². The van der Waals surface area contributed by atoms with Gasteiger partial charge in [-0.05, 0) is 37.1 Å². The van der Waals surface area contributed by atoms with Crippen molar-refractivity contribution < 1.29 is 9.59 Å². The van der Waals surface area contributed by atoms with Crippen molar-refractivity contribution in [2.24, 2.45) is 0 Å². The first kappa shape index (κ1) is 17.9. The number of nitrogens with one attached hydrogen (secondary N) is 1. The molecule has 0 unspecified atom stereocenters. The number of imidazole rings is 1. The highest BCUT2D eigenvalue weighted by Gasteiger charge is 2.44. The van der Waals surface area contributed by atoms with Crippen LogP contribution < -0.4 is 10.2 Å². The van der Waals surface area contributed by atoms with E-state index in [1.165, 1.54) is 6.42 Å². The third kappa shape index (κ3) is 3.18. The first-order valence-electron chi connectivity index (χ1n) is 10.4. The van der Waals surface area contributed by atoms with Gasteiger partial charge in [-0.2, -0.15) is 0 Å².